The van der Waals surface area contributed by atoms with Crippen molar-refractivity contribution in [2.75, 3.05) is 13.7 Å². The maximum atomic E-state index is 6.22. The van der Waals surface area contributed by atoms with Gasteiger partial charge in [0.2, 0.25) is 5.75 Å². The van der Waals surface area contributed by atoms with E-state index >= 15 is 0 Å². The Labute approximate surface area is 158 Å². The number of ether oxygens (including phenoxy) is 3. The van der Waals surface area contributed by atoms with E-state index in [2.05, 4.69) is 29.0 Å². The molecule has 0 spiro atoms. The summed E-state index contributed by atoms with van der Waals surface area (Å²) in [7, 11) is 1.64. The fourth-order valence-corrected chi connectivity index (χ4v) is 3.22. The molecule has 6 heteroatoms. The van der Waals surface area contributed by atoms with Gasteiger partial charge in [0.1, 0.15) is 6.61 Å². The zero-order chi connectivity index (χ0) is 18.6. The van der Waals surface area contributed by atoms with Crippen molar-refractivity contribution in [1.29, 1.82) is 0 Å². The van der Waals surface area contributed by atoms with Gasteiger partial charge in [-0.2, -0.15) is 0 Å². The number of nitrogens with zero attached hydrogens (tertiary/aromatic N) is 3. The van der Waals surface area contributed by atoms with Crippen molar-refractivity contribution >= 4 is 0 Å². The van der Waals surface area contributed by atoms with Crippen molar-refractivity contribution in [1.82, 2.24) is 14.5 Å². The van der Waals surface area contributed by atoms with E-state index in [1.54, 1.807) is 19.6 Å². The fraction of sp³-hybridized carbons (Fsp3) is 0.333. The second-order valence-electron chi connectivity index (χ2n) is 6.61. The summed E-state index contributed by atoms with van der Waals surface area (Å²) in [6.45, 7) is 3.29. The molecule has 0 radical (unpaired) electrons. The largest absolute Gasteiger partial charge is 0.493 e. The molecule has 2 aromatic heterocycles. The van der Waals surface area contributed by atoms with Crippen LogP contribution in [-0.4, -0.2) is 28.3 Å². The zero-order valence-corrected chi connectivity index (χ0v) is 15.6. The number of rotatable bonds is 6. The van der Waals surface area contributed by atoms with E-state index in [1.165, 1.54) is 0 Å². The highest BCUT2D eigenvalue weighted by atomic mass is 16.6. The molecule has 1 unspecified atom stereocenters. The molecule has 140 valence electrons. The number of hydrogen-bond acceptors (Lipinski definition) is 5. The van der Waals surface area contributed by atoms with Crippen LogP contribution in [0, 0.1) is 0 Å². The van der Waals surface area contributed by atoms with Crippen LogP contribution in [0.3, 0.4) is 0 Å². The van der Waals surface area contributed by atoms with E-state index in [4.69, 9.17) is 14.2 Å². The second kappa shape index (κ2) is 7.70. The fourth-order valence-electron chi connectivity index (χ4n) is 3.22. The molecule has 1 atom stereocenters. The van der Waals surface area contributed by atoms with Crippen LogP contribution in [-0.2, 0) is 13.0 Å². The Morgan fingerprint density at radius 1 is 1.30 bits per heavy atom. The Hall–Kier alpha value is -3.02. The van der Waals surface area contributed by atoms with E-state index in [1.807, 2.05) is 29.1 Å². The molecular weight excluding hydrogens is 342 g/mol. The van der Waals surface area contributed by atoms with Crippen LogP contribution in [0.5, 0.6) is 17.2 Å². The van der Waals surface area contributed by atoms with E-state index < -0.39 is 0 Å². The van der Waals surface area contributed by atoms with Gasteiger partial charge >= 0.3 is 0 Å². The lowest BCUT2D eigenvalue weighted by Gasteiger charge is -2.28. The van der Waals surface area contributed by atoms with Gasteiger partial charge in [0.15, 0.2) is 17.6 Å². The molecule has 0 fully saturated rings. The van der Waals surface area contributed by atoms with Crippen molar-refractivity contribution < 1.29 is 14.2 Å². The molecule has 0 bridgehead atoms. The number of aromatic nitrogens is 3. The molecule has 27 heavy (non-hydrogen) atoms. The monoisotopic (exact) mass is 365 g/mol. The summed E-state index contributed by atoms with van der Waals surface area (Å²) in [5.74, 6) is 2.01. The quantitative estimate of drug-likeness (QED) is 0.665. The third kappa shape index (κ3) is 3.74. The summed E-state index contributed by atoms with van der Waals surface area (Å²) >= 11 is 0. The predicted molar refractivity (Wildman–Crippen MR) is 101 cm³/mol. The minimum absolute atomic E-state index is 0.200. The molecule has 0 saturated heterocycles. The lowest BCUT2D eigenvalue weighted by Crippen LogP contribution is -2.22. The molecule has 6 nitrogen and oxygen atoms in total. The molecule has 3 aromatic rings. The number of hydrogen-bond donors (Lipinski definition) is 0. The normalized spacial score (nSPS) is 15.6. The number of aryl methyl sites for hydroxylation is 1. The third-order valence-electron chi connectivity index (χ3n) is 4.60. The first-order chi connectivity index (χ1) is 13.3. The van der Waals surface area contributed by atoms with Gasteiger partial charge in [-0.3, -0.25) is 4.98 Å². The summed E-state index contributed by atoms with van der Waals surface area (Å²) in [4.78, 5) is 8.60. The summed E-state index contributed by atoms with van der Waals surface area (Å²) in [5, 5.41) is 0. The van der Waals surface area contributed by atoms with Gasteiger partial charge in [-0.05, 0) is 30.2 Å². The molecule has 1 aliphatic rings. The highest BCUT2D eigenvalue weighted by molar-refractivity contribution is 5.55. The Bertz CT molecular complexity index is 875. The van der Waals surface area contributed by atoms with E-state index in [0.717, 1.165) is 29.7 Å². The van der Waals surface area contributed by atoms with Gasteiger partial charge in [0.25, 0.3) is 0 Å². The van der Waals surface area contributed by atoms with Gasteiger partial charge in [-0.1, -0.05) is 19.4 Å². The van der Waals surface area contributed by atoms with E-state index in [-0.39, 0.29) is 6.10 Å². The van der Waals surface area contributed by atoms with Gasteiger partial charge in [0.05, 0.1) is 13.4 Å². The van der Waals surface area contributed by atoms with Crippen LogP contribution >= 0.6 is 0 Å². The predicted octanol–water partition coefficient (Wildman–Crippen LogP) is 3.80. The second-order valence-corrected chi connectivity index (χ2v) is 6.61. The maximum Gasteiger partial charge on any atom is 0.204 e. The molecule has 0 N–H and O–H groups in total. The van der Waals surface area contributed by atoms with Crippen LogP contribution in [0.25, 0.3) is 0 Å². The number of methoxy groups -OCH3 is 1. The van der Waals surface area contributed by atoms with E-state index in [9.17, 15) is 0 Å². The highest BCUT2D eigenvalue weighted by Gasteiger charge is 2.26. The third-order valence-corrected chi connectivity index (χ3v) is 4.60. The summed E-state index contributed by atoms with van der Waals surface area (Å²) in [5.41, 5.74) is 3.17. The molecule has 0 aliphatic carbocycles. The molecule has 0 amide bonds. The average Bonchev–Trinajstić information content (AvgIpc) is 3.21. The first kappa shape index (κ1) is 17.4. The van der Waals surface area contributed by atoms with Gasteiger partial charge in [-0.25, -0.2) is 4.98 Å². The number of pyridine rings is 1. The zero-order valence-electron chi connectivity index (χ0n) is 15.6. The smallest absolute Gasteiger partial charge is 0.204 e. The Kier molecular flexibility index (Phi) is 4.96. The summed E-state index contributed by atoms with van der Waals surface area (Å²) in [6.07, 6.45) is 9.22. The Morgan fingerprint density at radius 2 is 2.22 bits per heavy atom. The minimum atomic E-state index is -0.200. The lowest BCUT2D eigenvalue weighted by molar-refractivity contribution is 0.0867. The first-order valence-corrected chi connectivity index (χ1v) is 9.17. The topological polar surface area (TPSA) is 58.4 Å². The van der Waals surface area contributed by atoms with Crippen molar-refractivity contribution in [2.45, 2.75) is 32.4 Å². The van der Waals surface area contributed by atoms with E-state index in [0.29, 0.717) is 30.4 Å². The molecular formula is C21H23N3O3. The molecule has 1 aliphatic heterocycles. The lowest BCUT2D eigenvalue weighted by atomic mass is 10.1. The average molecular weight is 365 g/mol. The Morgan fingerprint density at radius 3 is 2.93 bits per heavy atom. The summed E-state index contributed by atoms with van der Waals surface area (Å²) < 4.78 is 19.8. The van der Waals surface area contributed by atoms with Crippen LogP contribution in [0.15, 0.2) is 49.2 Å². The molecule has 0 saturated carbocycles. The molecule has 1 aromatic carbocycles. The number of benzene rings is 1. The van der Waals surface area contributed by atoms with Gasteiger partial charge in [-0.15, -0.1) is 0 Å². The molecule has 4 rings (SSSR count). The van der Waals surface area contributed by atoms with Gasteiger partial charge < -0.3 is 18.8 Å². The number of imidazole rings is 1. The first-order valence-electron chi connectivity index (χ1n) is 9.17. The van der Waals surface area contributed by atoms with Crippen molar-refractivity contribution in [3.05, 3.63) is 66.0 Å². The number of fused-ring (bicyclic) bond motifs is 1. The highest BCUT2D eigenvalue weighted by Crippen LogP contribution is 2.44. The van der Waals surface area contributed by atoms with Crippen molar-refractivity contribution in [3.8, 4) is 17.2 Å². The van der Waals surface area contributed by atoms with Crippen LogP contribution < -0.4 is 14.2 Å². The SMILES string of the molecule is CCCc1ccc(C2COc3cc(Cn4ccnc4)cc(OC)c3O2)cn1. The van der Waals surface area contributed by atoms with Crippen LogP contribution in [0.4, 0.5) is 0 Å². The summed E-state index contributed by atoms with van der Waals surface area (Å²) in [6, 6.07) is 8.10. The minimum Gasteiger partial charge on any atom is -0.493 e. The maximum absolute atomic E-state index is 6.22. The van der Waals surface area contributed by atoms with Crippen LogP contribution in [0.1, 0.15) is 36.3 Å². The Balaban J connectivity index is 1.56. The van der Waals surface area contributed by atoms with Crippen molar-refractivity contribution in [2.24, 2.45) is 0 Å². The standard InChI is InChI=1S/C21H23N3O3/c1-3-4-17-6-5-16(11-23-17)20-13-26-19-10-15(12-24-8-7-22-14-24)9-18(25-2)21(19)27-20/h5-11,14,20H,3-4,12-13H2,1-2H3. The van der Waals surface area contributed by atoms with Crippen LogP contribution in [0.2, 0.25) is 0 Å². The van der Waals surface area contributed by atoms with Gasteiger partial charge in [0, 0.05) is 36.4 Å². The van der Waals surface area contributed by atoms with Crippen molar-refractivity contribution in [3.63, 3.8) is 0 Å². The molecule has 3 heterocycles.